The lowest BCUT2D eigenvalue weighted by Crippen LogP contribution is -2.21. The number of nitrogens with zero attached hydrogens (tertiary/aromatic N) is 2. The van der Waals surface area contributed by atoms with E-state index in [-0.39, 0.29) is 5.82 Å². The average molecular weight is 347 g/mol. The van der Waals surface area contributed by atoms with Gasteiger partial charge in [-0.3, -0.25) is 4.99 Å². The first-order valence-corrected chi connectivity index (χ1v) is 9.90. The van der Waals surface area contributed by atoms with Crippen molar-refractivity contribution in [2.45, 2.75) is 58.3 Å². The summed E-state index contributed by atoms with van der Waals surface area (Å²) in [6, 6.07) is 6.92. The van der Waals surface area contributed by atoms with Gasteiger partial charge >= 0.3 is 0 Å². The van der Waals surface area contributed by atoms with Gasteiger partial charge in [0, 0.05) is 25.2 Å². The minimum atomic E-state index is -0.166. The summed E-state index contributed by atoms with van der Waals surface area (Å²) in [6.07, 6.45) is 8.12. The Morgan fingerprint density at radius 1 is 1.08 bits per heavy atom. The molecule has 0 spiro atoms. The van der Waals surface area contributed by atoms with E-state index in [4.69, 9.17) is 0 Å². The Morgan fingerprint density at radius 2 is 1.72 bits per heavy atom. The standard InChI is InChI=1S/C16H23FN2.C6H12/c1-12(13-4-6-14(17)7-5-13)15-8-10-19(3)11-9-16(15)18-2;1-6-4-2-3-5-6/h4-7,12,15H,8-11H2,1-3H3;6H,2-5H2,1H3. The summed E-state index contributed by atoms with van der Waals surface area (Å²) >= 11 is 0. The highest BCUT2D eigenvalue weighted by atomic mass is 19.1. The summed E-state index contributed by atoms with van der Waals surface area (Å²) in [5.74, 6) is 1.75. The van der Waals surface area contributed by atoms with E-state index < -0.39 is 0 Å². The van der Waals surface area contributed by atoms with Gasteiger partial charge in [0.1, 0.15) is 5.82 Å². The quantitative estimate of drug-likeness (QED) is 0.686. The zero-order chi connectivity index (χ0) is 18.2. The zero-order valence-corrected chi connectivity index (χ0v) is 16.5. The maximum Gasteiger partial charge on any atom is 0.123 e. The van der Waals surface area contributed by atoms with Crippen molar-refractivity contribution in [2.24, 2.45) is 16.8 Å². The molecule has 2 nitrogen and oxygen atoms in total. The van der Waals surface area contributed by atoms with E-state index in [0.717, 1.165) is 31.8 Å². The second kappa shape index (κ2) is 10.1. The lowest BCUT2D eigenvalue weighted by molar-refractivity contribution is 0.336. The van der Waals surface area contributed by atoms with Crippen molar-refractivity contribution in [3.8, 4) is 0 Å². The molecule has 0 bridgehead atoms. The fourth-order valence-corrected chi connectivity index (χ4v) is 4.07. The molecular weight excluding hydrogens is 311 g/mol. The molecular formula is C22H35FN2. The van der Waals surface area contributed by atoms with Crippen molar-refractivity contribution in [1.82, 2.24) is 4.90 Å². The summed E-state index contributed by atoms with van der Waals surface area (Å²) in [5, 5.41) is 0. The highest BCUT2D eigenvalue weighted by Crippen LogP contribution is 2.31. The lowest BCUT2D eigenvalue weighted by atomic mass is 9.81. The lowest BCUT2D eigenvalue weighted by Gasteiger charge is -2.24. The van der Waals surface area contributed by atoms with Crippen LogP contribution in [0.25, 0.3) is 0 Å². The van der Waals surface area contributed by atoms with Crippen molar-refractivity contribution in [2.75, 3.05) is 27.2 Å². The monoisotopic (exact) mass is 346 g/mol. The van der Waals surface area contributed by atoms with Crippen molar-refractivity contribution in [3.63, 3.8) is 0 Å². The van der Waals surface area contributed by atoms with Crippen LogP contribution in [0.2, 0.25) is 0 Å². The number of halogens is 1. The summed E-state index contributed by atoms with van der Waals surface area (Å²) in [4.78, 5) is 6.87. The molecule has 1 aliphatic carbocycles. The smallest absolute Gasteiger partial charge is 0.123 e. The van der Waals surface area contributed by atoms with Gasteiger partial charge in [-0.05, 0) is 56.0 Å². The van der Waals surface area contributed by atoms with Crippen LogP contribution in [-0.4, -0.2) is 37.8 Å². The van der Waals surface area contributed by atoms with Crippen LogP contribution in [0.15, 0.2) is 29.3 Å². The normalized spacial score (nSPS) is 25.3. The Balaban J connectivity index is 0.000000316. The van der Waals surface area contributed by atoms with Crippen LogP contribution < -0.4 is 0 Å². The third-order valence-corrected chi connectivity index (χ3v) is 5.93. The molecule has 0 amide bonds. The molecule has 0 radical (unpaired) electrons. The van der Waals surface area contributed by atoms with Crippen LogP contribution in [0.1, 0.15) is 63.9 Å². The minimum Gasteiger partial charge on any atom is -0.306 e. The van der Waals surface area contributed by atoms with Crippen LogP contribution in [-0.2, 0) is 0 Å². The van der Waals surface area contributed by atoms with Crippen molar-refractivity contribution in [1.29, 1.82) is 0 Å². The zero-order valence-electron chi connectivity index (χ0n) is 16.5. The Bertz CT molecular complexity index is 531. The van der Waals surface area contributed by atoms with E-state index in [1.165, 1.54) is 37.0 Å². The largest absolute Gasteiger partial charge is 0.306 e. The first-order chi connectivity index (χ1) is 12.0. The maximum absolute atomic E-state index is 13.0. The molecule has 2 atom stereocenters. The van der Waals surface area contributed by atoms with Crippen molar-refractivity contribution >= 4 is 5.71 Å². The van der Waals surface area contributed by atoms with Crippen LogP contribution in [0, 0.1) is 17.7 Å². The van der Waals surface area contributed by atoms with Gasteiger partial charge in [-0.25, -0.2) is 4.39 Å². The van der Waals surface area contributed by atoms with E-state index in [1.54, 1.807) is 12.1 Å². The molecule has 2 aliphatic rings. The average Bonchev–Trinajstić information content (AvgIpc) is 3.01. The summed E-state index contributed by atoms with van der Waals surface area (Å²) in [5.41, 5.74) is 2.51. The number of likely N-dealkylation sites (tertiary alicyclic amines) is 1. The molecule has 1 heterocycles. The van der Waals surface area contributed by atoms with Gasteiger partial charge in [-0.15, -0.1) is 0 Å². The number of aliphatic imine (C=N–C) groups is 1. The molecule has 3 heteroatoms. The molecule has 0 N–H and O–H groups in total. The van der Waals surface area contributed by atoms with Gasteiger partial charge in [0.15, 0.2) is 0 Å². The van der Waals surface area contributed by atoms with Gasteiger partial charge in [0.2, 0.25) is 0 Å². The predicted molar refractivity (Wildman–Crippen MR) is 106 cm³/mol. The van der Waals surface area contributed by atoms with Gasteiger partial charge in [-0.2, -0.15) is 0 Å². The van der Waals surface area contributed by atoms with E-state index in [0.29, 0.717) is 11.8 Å². The Hall–Kier alpha value is -1.22. The van der Waals surface area contributed by atoms with E-state index in [2.05, 4.69) is 30.8 Å². The molecule has 2 unspecified atom stereocenters. The van der Waals surface area contributed by atoms with Gasteiger partial charge < -0.3 is 4.90 Å². The Morgan fingerprint density at radius 3 is 2.24 bits per heavy atom. The fourth-order valence-electron chi connectivity index (χ4n) is 4.07. The minimum absolute atomic E-state index is 0.166. The Labute approximate surface area is 153 Å². The fraction of sp³-hybridized carbons (Fsp3) is 0.682. The number of rotatable bonds is 2. The molecule has 140 valence electrons. The maximum atomic E-state index is 13.0. The van der Waals surface area contributed by atoms with Crippen LogP contribution in [0.5, 0.6) is 0 Å². The molecule has 3 rings (SSSR count). The van der Waals surface area contributed by atoms with E-state index in [9.17, 15) is 4.39 Å². The van der Waals surface area contributed by atoms with E-state index in [1.807, 2.05) is 19.2 Å². The topological polar surface area (TPSA) is 15.6 Å². The summed E-state index contributed by atoms with van der Waals surface area (Å²) < 4.78 is 13.0. The first-order valence-electron chi connectivity index (χ1n) is 9.90. The van der Waals surface area contributed by atoms with E-state index >= 15 is 0 Å². The summed E-state index contributed by atoms with van der Waals surface area (Å²) in [6.45, 7) is 6.76. The number of hydrogen-bond donors (Lipinski definition) is 0. The molecule has 1 saturated carbocycles. The van der Waals surface area contributed by atoms with Crippen LogP contribution >= 0.6 is 0 Å². The SMILES string of the molecule is CC1CCCC1.CN=C1CCN(C)CCC1C(C)c1ccc(F)cc1. The second-order valence-corrected chi connectivity index (χ2v) is 7.89. The highest BCUT2D eigenvalue weighted by molar-refractivity contribution is 5.88. The first kappa shape index (κ1) is 20.1. The van der Waals surface area contributed by atoms with Crippen LogP contribution in [0.3, 0.4) is 0 Å². The molecule has 2 fully saturated rings. The molecule has 1 saturated heterocycles. The third-order valence-electron chi connectivity index (χ3n) is 5.93. The predicted octanol–water partition coefficient (Wildman–Crippen LogP) is 5.54. The van der Waals surface area contributed by atoms with Gasteiger partial charge in [0.05, 0.1) is 0 Å². The third kappa shape index (κ3) is 6.22. The molecule has 1 aromatic rings. The summed E-state index contributed by atoms with van der Waals surface area (Å²) in [7, 11) is 4.06. The second-order valence-electron chi connectivity index (χ2n) is 7.89. The number of benzene rings is 1. The van der Waals surface area contributed by atoms with Gasteiger partial charge in [0.25, 0.3) is 0 Å². The van der Waals surface area contributed by atoms with Crippen LogP contribution in [0.4, 0.5) is 4.39 Å². The van der Waals surface area contributed by atoms with Crippen molar-refractivity contribution in [3.05, 3.63) is 35.6 Å². The Kier molecular flexibility index (Phi) is 8.08. The highest BCUT2D eigenvalue weighted by Gasteiger charge is 2.26. The van der Waals surface area contributed by atoms with Crippen molar-refractivity contribution < 1.29 is 4.39 Å². The number of hydrogen-bond acceptors (Lipinski definition) is 2. The molecule has 1 aromatic carbocycles. The molecule has 0 aromatic heterocycles. The molecule has 1 aliphatic heterocycles. The van der Waals surface area contributed by atoms with Gasteiger partial charge in [-0.1, -0.05) is 51.7 Å². The molecule has 25 heavy (non-hydrogen) atoms.